The first-order chi connectivity index (χ1) is 17.2. The number of piperidine rings is 2. The third-order valence-corrected chi connectivity index (χ3v) is 7.19. The molecule has 1 aromatic heterocycles. The van der Waals surface area contributed by atoms with Gasteiger partial charge in [-0.15, -0.1) is 0 Å². The van der Waals surface area contributed by atoms with Crippen LogP contribution in [-0.4, -0.2) is 58.2 Å². The Balaban J connectivity index is 1.31. The van der Waals surface area contributed by atoms with Gasteiger partial charge in [-0.25, -0.2) is 4.98 Å². The van der Waals surface area contributed by atoms with Crippen molar-refractivity contribution >= 4 is 29.0 Å². The van der Waals surface area contributed by atoms with Crippen LogP contribution in [0.1, 0.15) is 57.6 Å². The summed E-state index contributed by atoms with van der Waals surface area (Å²) in [5.41, 5.74) is 8.58. The van der Waals surface area contributed by atoms with E-state index in [0.29, 0.717) is 16.7 Å². The number of pyridine rings is 1. The number of carbonyl (C=O) groups excluding carboxylic acids is 1. The van der Waals surface area contributed by atoms with E-state index in [1.807, 2.05) is 57.2 Å². The van der Waals surface area contributed by atoms with E-state index in [9.17, 15) is 4.79 Å². The van der Waals surface area contributed by atoms with E-state index in [4.69, 9.17) is 22.2 Å². The highest BCUT2D eigenvalue weighted by molar-refractivity contribution is 6.30. The van der Waals surface area contributed by atoms with Crippen LogP contribution in [0.2, 0.25) is 5.02 Å². The third-order valence-electron chi connectivity index (χ3n) is 6.94. The van der Waals surface area contributed by atoms with Crippen molar-refractivity contribution in [3.63, 3.8) is 0 Å². The zero-order valence-corrected chi connectivity index (χ0v) is 22.4. The minimum absolute atomic E-state index is 0.105. The highest BCUT2D eigenvalue weighted by Gasteiger charge is 2.32. The fourth-order valence-electron chi connectivity index (χ4n) is 4.99. The highest BCUT2D eigenvalue weighted by atomic mass is 35.5. The average Bonchev–Trinajstić information content (AvgIpc) is 2.85. The molecule has 7 nitrogen and oxygen atoms in total. The summed E-state index contributed by atoms with van der Waals surface area (Å²) < 4.78 is 0. The second-order valence-electron chi connectivity index (χ2n) is 10.9. The molecule has 0 bridgehead atoms. The van der Waals surface area contributed by atoms with Crippen molar-refractivity contribution in [1.29, 1.82) is 0 Å². The molecule has 0 radical (unpaired) electrons. The van der Waals surface area contributed by atoms with Crippen molar-refractivity contribution in [2.45, 2.75) is 58.6 Å². The Hall–Kier alpha value is -2.64. The molecule has 2 aromatic rings. The standard InChI is InChI=1S/C28H38ClN5O2/c1-28(2,3)36-32-26(21-4-6-24(29)7-5-21)22-11-16-34(17-12-22)27(35)23-9-14-33(15-10-23)19-20-8-13-31-25(30)18-20/h4-8,13,18,22-23H,9-12,14-17,19H2,1-3H3,(H2,30,31)/b32-26-. The molecule has 0 atom stereocenters. The van der Waals surface area contributed by atoms with E-state index < -0.39 is 0 Å². The Morgan fingerprint density at radius 3 is 2.31 bits per heavy atom. The number of oxime groups is 1. The largest absolute Gasteiger partial charge is 0.390 e. The molecular formula is C28H38ClN5O2. The van der Waals surface area contributed by atoms with E-state index in [1.54, 1.807) is 6.20 Å². The minimum Gasteiger partial charge on any atom is -0.390 e. The Bertz CT molecular complexity index is 1050. The summed E-state index contributed by atoms with van der Waals surface area (Å²) in [7, 11) is 0. The molecule has 2 N–H and O–H groups in total. The van der Waals surface area contributed by atoms with Gasteiger partial charge in [0.1, 0.15) is 11.4 Å². The Kier molecular flexibility index (Phi) is 8.52. The number of anilines is 1. The lowest BCUT2D eigenvalue weighted by Gasteiger charge is -2.37. The van der Waals surface area contributed by atoms with Gasteiger partial charge in [0, 0.05) is 42.7 Å². The first-order valence-corrected chi connectivity index (χ1v) is 13.3. The molecule has 4 rings (SSSR count). The summed E-state index contributed by atoms with van der Waals surface area (Å²) in [6, 6.07) is 11.7. The summed E-state index contributed by atoms with van der Waals surface area (Å²) in [5.74, 6) is 1.20. The molecule has 36 heavy (non-hydrogen) atoms. The molecule has 2 aliphatic rings. The third kappa shape index (κ3) is 7.20. The monoisotopic (exact) mass is 511 g/mol. The van der Waals surface area contributed by atoms with Gasteiger partial charge in [0.05, 0.1) is 5.71 Å². The second kappa shape index (κ2) is 11.6. The van der Waals surface area contributed by atoms with Gasteiger partial charge in [0.25, 0.3) is 0 Å². The van der Waals surface area contributed by atoms with Gasteiger partial charge in [-0.1, -0.05) is 28.9 Å². The average molecular weight is 512 g/mol. The van der Waals surface area contributed by atoms with E-state index >= 15 is 0 Å². The highest BCUT2D eigenvalue weighted by Crippen LogP contribution is 2.28. The van der Waals surface area contributed by atoms with Crippen LogP contribution in [-0.2, 0) is 16.2 Å². The van der Waals surface area contributed by atoms with Crippen molar-refractivity contribution in [1.82, 2.24) is 14.8 Å². The van der Waals surface area contributed by atoms with Crippen molar-refractivity contribution < 1.29 is 9.63 Å². The number of hydrogen-bond acceptors (Lipinski definition) is 6. The molecular weight excluding hydrogens is 474 g/mol. The molecule has 8 heteroatoms. The summed E-state index contributed by atoms with van der Waals surface area (Å²) in [6.45, 7) is 10.2. The van der Waals surface area contributed by atoms with Crippen LogP contribution < -0.4 is 5.73 Å². The number of likely N-dealkylation sites (tertiary alicyclic amines) is 2. The Labute approximate surface area is 219 Å². The zero-order chi connectivity index (χ0) is 25.7. The van der Waals surface area contributed by atoms with Crippen molar-refractivity contribution in [3.8, 4) is 0 Å². The van der Waals surface area contributed by atoms with Crippen molar-refractivity contribution in [2.24, 2.45) is 17.0 Å². The number of aromatic nitrogens is 1. The van der Waals surface area contributed by atoms with Crippen LogP contribution in [0.4, 0.5) is 5.82 Å². The lowest BCUT2D eigenvalue weighted by molar-refractivity contribution is -0.138. The lowest BCUT2D eigenvalue weighted by Crippen LogP contribution is -2.46. The van der Waals surface area contributed by atoms with Gasteiger partial charge in [-0.2, -0.15) is 0 Å². The van der Waals surface area contributed by atoms with Crippen LogP contribution >= 0.6 is 11.6 Å². The van der Waals surface area contributed by atoms with E-state index in [1.165, 1.54) is 5.56 Å². The number of benzene rings is 1. The first-order valence-electron chi connectivity index (χ1n) is 12.9. The lowest BCUT2D eigenvalue weighted by atomic mass is 9.87. The van der Waals surface area contributed by atoms with Gasteiger partial charge in [-0.05, 0) is 94.9 Å². The van der Waals surface area contributed by atoms with Crippen LogP contribution in [0, 0.1) is 11.8 Å². The maximum Gasteiger partial charge on any atom is 0.225 e. The first kappa shape index (κ1) is 26.4. The quantitative estimate of drug-likeness (QED) is 0.436. The predicted octanol–water partition coefficient (Wildman–Crippen LogP) is 4.99. The number of nitrogens with two attached hydrogens (primary N) is 1. The van der Waals surface area contributed by atoms with Crippen LogP contribution in [0.3, 0.4) is 0 Å². The summed E-state index contributed by atoms with van der Waals surface area (Å²) in [5, 5.41) is 5.28. The van der Waals surface area contributed by atoms with Crippen molar-refractivity contribution in [3.05, 3.63) is 58.7 Å². The van der Waals surface area contributed by atoms with Crippen LogP contribution in [0.5, 0.6) is 0 Å². The number of amides is 1. The van der Waals surface area contributed by atoms with E-state index in [-0.39, 0.29) is 17.4 Å². The van der Waals surface area contributed by atoms with Crippen molar-refractivity contribution in [2.75, 3.05) is 31.9 Å². The normalized spacial score (nSPS) is 18.9. The topological polar surface area (TPSA) is 84.0 Å². The summed E-state index contributed by atoms with van der Waals surface area (Å²) in [4.78, 5) is 27.7. The number of rotatable bonds is 6. The van der Waals surface area contributed by atoms with Gasteiger partial charge in [0.15, 0.2) is 0 Å². The molecule has 1 amide bonds. The molecule has 1 aromatic carbocycles. The van der Waals surface area contributed by atoms with Crippen LogP contribution in [0.25, 0.3) is 0 Å². The maximum absolute atomic E-state index is 13.3. The van der Waals surface area contributed by atoms with Gasteiger partial charge in [0.2, 0.25) is 5.91 Å². The van der Waals surface area contributed by atoms with Gasteiger partial charge < -0.3 is 15.5 Å². The fourth-order valence-corrected chi connectivity index (χ4v) is 5.12. The smallest absolute Gasteiger partial charge is 0.225 e. The predicted molar refractivity (Wildman–Crippen MR) is 145 cm³/mol. The Morgan fingerprint density at radius 1 is 1.06 bits per heavy atom. The minimum atomic E-state index is -0.368. The van der Waals surface area contributed by atoms with Crippen LogP contribution in [0.15, 0.2) is 47.8 Å². The van der Waals surface area contributed by atoms with Gasteiger partial charge in [-0.3, -0.25) is 9.69 Å². The van der Waals surface area contributed by atoms with Gasteiger partial charge >= 0.3 is 0 Å². The summed E-state index contributed by atoms with van der Waals surface area (Å²) in [6.07, 6.45) is 5.31. The molecule has 194 valence electrons. The molecule has 3 heterocycles. The molecule has 0 unspecified atom stereocenters. The molecule has 2 aliphatic heterocycles. The summed E-state index contributed by atoms with van der Waals surface area (Å²) >= 11 is 6.11. The van der Waals surface area contributed by atoms with E-state index in [0.717, 1.165) is 69.7 Å². The maximum atomic E-state index is 13.3. The fraction of sp³-hybridized carbons (Fsp3) is 0.536. The SMILES string of the molecule is CC(C)(C)O/N=C(/c1ccc(Cl)cc1)C1CCN(C(=O)C2CCN(Cc3ccnc(N)c3)CC2)CC1. The number of carbonyl (C=O) groups is 1. The molecule has 2 saturated heterocycles. The number of nitrogen functional groups attached to an aromatic ring is 1. The second-order valence-corrected chi connectivity index (χ2v) is 11.4. The number of hydrogen-bond donors (Lipinski definition) is 1. The molecule has 2 fully saturated rings. The number of nitrogens with zero attached hydrogens (tertiary/aromatic N) is 4. The van der Waals surface area contributed by atoms with E-state index in [2.05, 4.69) is 19.9 Å². The molecule has 0 spiro atoms. The number of halogens is 1. The zero-order valence-electron chi connectivity index (χ0n) is 21.6. The molecule has 0 aliphatic carbocycles. The molecule has 0 saturated carbocycles. The Morgan fingerprint density at radius 2 is 1.69 bits per heavy atom.